The van der Waals surface area contributed by atoms with Crippen LogP contribution >= 0.6 is 0 Å². The van der Waals surface area contributed by atoms with E-state index >= 15 is 0 Å². The number of nitrogens with one attached hydrogen (secondary N) is 2. The fourth-order valence-corrected chi connectivity index (χ4v) is 2.43. The predicted octanol–water partition coefficient (Wildman–Crippen LogP) is 0.372. The molecule has 98 valence electrons. The van der Waals surface area contributed by atoms with E-state index in [0.717, 1.165) is 24.3 Å². The lowest BCUT2D eigenvalue weighted by atomic mass is 10.1. The summed E-state index contributed by atoms with van der Waals surface area (Å²) in [6.07, 6.45) is 3.16. The molecule has 0 unspecified atom stereocenters. The van der Waals surface area contributed by atoms with Crippen molar-refractivity contribution in [3.63, 3.8) is 0 Å². The van der Waals surface area contributed by atoms with Crippen LogP contribution in [0.15, 0.2) is 18.2 Å². The number of benzene rings is 1. The highest BCUT2D eigenvalue weighted by Crippen LogP contribution is 2.22. The number of hydrogen-bond acceptors (Lipinski definition) is 3. The molecule has 19 heavy (non-hydrogen) atoms. The normalized spacial score (nSPS) is 17.4. The van der Waals surface area contributed by atoms with Gasteiger partial charge in [-0.1, -0.05) is 6.07 Å². The minimum absolute atomic E-state index is 0.143. The molecule has 1 aliphatic carbocycles. The molecule has 1 aromatic rings. The summed E-state index contributed by atoms with van der Waals surface area (Å²) in [5.41, 5.74) is 5.41. The number of aryl methyl sites for hydroxylation is 2. The molecule has 6 heteroatoms. The molecule has 1 fully saturated rings. The van der Waals surface area contributed by atoms with Crippen LogP contribution in [0, 0.1) is 0 Å². The number of amides is 4. The lowest BCUT2D eigenvalue weighted by Crippen LogP contribution is -2.44. The highest BCUT2D eigenvalue weighted by Gasteiger charge is 2.28. The molecular formula is C13H13N3O3. The lowest BCUT2D eigenvalue weighted by molar-refractivity contribution is -0.118. The van der Waals surface area contributed by atoms with Gasteiger partial charge in [-0.05, 0) is 42.5 Å². The predicted molar refractivity (Wildman–Crippen MR) is 66.2 cm³/mol. The first-order valence-electron chi connectivity index (χ1n) is 6.17. The SMILES string of the molecule is O=C1CN(NC(=O)c2ccc3c(c2)CCC3)C(=O)N1. The molecule has 6 nitrogen and oxygen atoms in total. The summed E-state index contributed by atoms with van der Waals surface area (Å²) >= 11 is 0. The van der Waals surface area contributed by atoms with Gasteiger partial charge in [0.1, 0.15) is 6.54 Å². The summed E-state index contributed by atoms with van der Waals surface area (Å²) in [5, 5.41) is 3.08. The van der Waals surface area contributed by atoms with E-state index in [4.69, 9.17) is 0 Å². The summed E-state index contributed by atoms with van der Waals surface area (Å²) in [5.74, 6) is -0.793. The van der Waals surface area contributed by atoms with Crippen molar-refractivity contribution in [2.75, 3.05) is 6.54 Å². The number of rotatable bonds is 2. The maximum atomic E-state index is 12.0. The van der Waals surface area contributed by atoms with Gasteiger partial charge in [-0.25, -0.2) is 9.80 Å². The number of carbonyl (C=O) groups excluding carboxylic acids is 3. The molecule has 3 rings (SSSR count). The van der Waals surface area contributed by atoms with Gasteiger partial charge in [-0.2, -0.15) is 0 Å². The molecule has 1 heterocycles. The van der Waals surface area contributed by atoms with Crippen LogP contribution in [0.2, 0.25) is 0 Å². The Morgan fingerprint density at radius 1 is 1.21 bits per heavy atom. The van der Waals surface area contributed by atoms with Crippen molar-refractivity contribution in [1.29, 1.82) is 0 Å². The van der Waals surface area contributed by atoms with E-state index in [9.17, 15) is 14.4 Å². The highest BCUT2D eigenvalue weighted by molar-refractivity contribution is 6.04. The summed E-state index contributed by atoms with van der Waals surface area (Å²) < 4.78 is 0. The number of imide groups is 1. The van der Waals surface area contributed by atoms with E-state index < -0.39 is 11.9 Å². The number of carbonyl (C=O) groups is 3. The third kappa shape index (κ3) is 2.16. The smallest absolute Gasteiger partial charge is 0.275 e. The number of urea groups is 1. The minimum Gasteiger partial charge on any atom is -0.275 e. The Morgan fingerprint density at radius 2 is 2.00 bits per heavy atom. The Kier molecular flexibility index (Phi) is 2.70. The van der Waals surface area contributed by atoms with Crippen molar-refractivity contribution < 1.29 is 14.4 Å². The summed E-state index contributed by atoms with van der Waals surface area (Å²) in [6.45, 7) is -0.143. The standard InChI is InChI=1S/C13H13N3O3/c17-11-7-16(13(19)14-11)15-12(18)10-5-4-8-2-1-3-9(8)6-10/h4-6H,1-3,7H2,(H,15,18)(H,14,17,19). The maximum Gasteiger partial charge on any atom is 0.343 e. The van der Waals surface area contributed by atoms with Crippen LogP contribution in [-0.4, -0.2) is 29.4 Å². The van der Waals surface area contributed by atoms with Crippen LogP contribution in [-0.2, 0) is 17.6 Å². The van der Waals surface area contributed by atoms with Crippen LogP contribution < -0.4 is 10.7 Å². The molecular weight excluding hydrogens is 246 g/mol. The number of fused-ring (bicyclic) bond motifs is 1. The van der Waals surface area contributed by atoms with Crippen LogP contribution in [0.1, 0.15) is 27.9 Å². The first-order chi connectivity index (χ1) is 9.13. The summed E-state index contributed by atoms with van der Waals surface area (Å²) in [6, 6.07) is 4.95. The second-order valence-electron chi connectivity index (χ2n) is 4.72. The monoisotopic (exact) mass is 259 g/mol. The zero-order valence-electron chi connectivity index (χ0n) is 10.2. The number of hydrogen-bond donors (Lipinski definition) is 2. The third-order valence-electron chi connectivity index (χ3n) is 3.39. The second kappa shape index (κ2) is 4.38. The lowest BCUT2D eigenvalue weighted by Gasteiger charge is -2.14. The molecule has 0 bridgehead atoms. The Bertz CT molecular complexity index is 582. The van der Waals surface area contributed by atoms with E-state index in [1.165, 1.54) is 11.1 Å². The van der Waals surface area contributed by atoms with Gasteiger partial charge in [0, 0.05) is 5.56 Å². The average Bonchev–Trinajstić information content (AvgIpc) is 2.95. The molecule has 1 aromatic carbocycles. The van der Waals surface area contributed by atoms with Gasteiger partial charge in [0.05, 0.1) is 0 Å². The molecule has 0 aromatic heterocycles. The molecule has 0 atom stereocenters. The van der Waals surface area contributed by atoms with Crippen molar-refractivity contribution in [1.82, 2.24) is 15.8 Å². The Morgan fingerprint density at radius 3 is 2.74 bits per heavy atom. The van der Waals surface area contributed by atoms with Crippen LogP contribution in [0.25, 0.3) is 0 Å². The summed E-state index contributed by atoms with van der Waals surface area (Å²) in [4.78, 5) is 34.3. The molecule has 1 saturated heterocycles. The highest BCUT2D eigenvalue weighted by atomic mass is 16.2. The second-order valence-corrected chi connectivity index (χ2v) is 4.72. The van der Waals surface area contributed by atoms with Crippen LogP contribution in [0.3, 0.4) is 0 Å². The quantitative estimate of drug-likeness (QED) is 0.753. The van der Waals surface area contributed by atoms with E-state index in [1.807, 2.05) is 12.1 Å². The van der Waals surface area contributed by atoms with Gasteiger partial charge in [-0.15, -0.1) is 0 Å². The van der Waals surface area contributed by atoms with Crippen molar-refractivity contribution in [2.45, 2.75) is 19.3 Å². The number of hydrazine groups is 1. The van der Waals surface area contributed by atoms with Gasteiger partial charge in [-0.3, -0.25) is 20.3 Å². The fraction of sp³-hybridized carbons (Fsp3) is 0.308. The molecule has 0 saturated carbocycles. The summed E-state index contributed by atoms with van der Waals surface area (Å²) in [7, 11) is 0. The van der Waals surface area contributed by atoms with Crippen LogP contribution in [0.4, 0.5) is 4.79 Å². The van der Waals surface area contributed by atoms with Gasteiger partial charge in [0.25, 0.3) is 5.91 Å². The van der Waals surface area contributed by atoms with Gasteiger partial charge in [0.15, 0.2) is 0 Å². The van der Waals surface area contributed by atoms with Gasteiger partial charge < -0.3 is 0 Å². The first kappa shape index (κ1) is 11.7. The zero-order chi connectivity index (χ0) is 13.4. The number of nitrogens with zero attached hydrogens (tertiary/aromatic N) is 1. The maximum absolute atomic E-state index is 12.0. The zero-order valence-corrected chi connectivity index (χ0v) is 10.2. The largest absolute Gasteiger partial charge is 0.343 e. The van der Waals surface area contributed by atoms with Gasteiger partial charge in [0.2, 0.25) is 5.91 Å². The van der Waals surface area contributed by atoms with Crippen molar-refractivity contribution in [3.05, 3.63) is 34.9 Å². The molecule has 2 aliphatic rings. The molecule has 1 aliphatic heterocycles. The minimum atomic E-state index is -0.598. The van der Waals surface area contributed by atoms with Crippen molar-refractivity contribution in [2.24, 2.45) is 0 Å². The molecule has 0 radical (unpaired) electrons. The first-order valence-corrected chi connectivity index (χ1v) is 6.17. The van der Waals surface area contributed by atoms with E-state index in [2.05, 4.69) is 10.7 Å². The topological polar surface area (TPSA) is 78.5 Å². The van der Waals surface area contributed by atoms with Gasteiger partial charge >= 0.3 is 6.03 Å². The average molecular weight is 259 g/mol. The van der Waals surface area contributed by atoms with Crippen molar-refractivity contribution in [3.8, 4) is 0 Å². The van der Waals surface area contributed by atoms with E-state index in [-0.39, 0.29) is 12.5 Å². The van der Waals surface area contributed by atoms with Crippen molar-refractivity contribution >= 4 is 17.8 Å². The Balaban J connectivity index is 1.74. The Hall–Kier alpha value is -2.37. The molecule has 2 N–H and O–H groups in total. The van der Waals surface area contributed by atoms with E-state index in [1.54, 1.807) is 6.07 Å². The van der Waals surface area contributed by atoms with E-state index in [0.29, 0.717) is 5.56 Å². The molecule has 4 amide bonds. The fourth-order valence-electron chi connectivity index (χ4n) is 2.43. The molecule has 0 spiro atoms. The van der Waals surface area contributed by atoms with Crippen LogP contribution in [0.5, 0.6) is 0 Å². The third-order valence-corrected chi connectivity index (χ3v) is 3.39. The Labute approximate surface area is 109 Å².